The minimum absolute atomic E-state index is 0.0794. The van der Waals surface area contributed by atoms with Crippen LogP contribution in [0.5, 0.6) is 5.75 Å². The van der Waals surface area contributed by atoms with Crippen LogP contribution in [0.2, 0.25) is 0 Å². The third-order valence-electron chi connectivity index (χ3n) is 4.69. The molecule has 3 aromatic carbocycles. The maximum atomic E-state index is 12.4. The fourth-order valence-corrected chi connectivity index (χ4v) is 3.05. The highest BCUT2D eigenvalue weighted by molar-refractivity contribution is 6.04. The van der Waals surface area contributed by atoms with Gasteiger partial charge in [-0.2, -0.15) is 0 Å². The van der Waals surface area contributed by atoms with Crippen LogP contribution in [0, 0.1) is 0 Å². The largest absolute Gasteiger partial charge is 0.497 e. The number of rotatable bonds is 7. The second-order valence-corrected chi connectivity index (χ2v) is 6.99. The van der Waals surface area contributed by atoms with Gasteiger partial charge in [-0.15, -0.1) is 0 Å². The van der Waals surface area contributed by atoms with Gasteiger partial charge < -0.3 is 19.8 Å². The lowest BCUT2D eigenvalue weighted by Crippen LogP contribution is -2.15. The Labute approximate surface area is 185 Å². The molecule has 7 heteroatoms. The van der Waals surface area contributed by atoms with E-state index in [0.717, 1.165) is 5.56 Å². The average molecular weight is 427 g/mol. The summed E-state index contributed by atoms with van der Waals surface area (Å²) in [5.74, 6) is 0.711. The van der Waals surface area contributed by atoms with E-state index in [0.29, 0.717) is 34.3 Å². The Bertz CT molecular complexity index is 1200. The zero-order valence-electron chi connectivity index (χ0n) is 17.4. The topological polar surface area (TPSA) is 93.5 Å². The Kier molecular flexibility index (Phi) is 6.27. The summed E-state index contributed by atoms with van der Waals surface area (Å²) in [4.78, 5) is 29.1. The van der Waals surface area contributed by atoms with Gasteiger partial charge in [0, 0.05) is 22.5 Å². The van der Waals surface area contributed by atoms with Gasteiger partial charge in [-0.05, 0) is 60.7 Å². The number of carbonyl (C=O) groups excluding carboxylic acids is 2. The van der Waals surface area contributed by atoms with Crippen LogP contribution in [-0.4, -0.2) is 23.9 Å². The predicted molar refractivity (Wildman–Crippen MR) is 122 cm³/mol. The van der Waals surface area contributed by atoms with E-state index in [4.69, 9.17) is 9.15 Å². The van der Waals surface area contributed by atoms with Gasteiger partial charge >= 0.3 is 0 Å². The maximum absolute atomic E-state index is 12.4. The van der Waals surface area contributed by atoms with Gasteiger partial charge in [-0.1, -0.05) is 18.2 Å². The zero-order chi connectivity index (χ0) is 22.3. The van der Waals surface area contributed by atoms with Crippen LogP contribution in [0.1, 0.15) is 16.1 Å². The summed E-state index contributed by atoms with van der Waals surface area (Å²) in [7, 11) is 1.58. The number of nitrogens with one attached hydrogen (secondary N) is 2. The van der Waals surface area contributed by atoms with E-state index in [1.54, 1.807) is 55.6 Å². The van der Waals surface area contributed by atoms with Crippen molar-refractivity contribution >= 4 is 23.2 Å². The Hall–Kier alpha value is -4.39. The van der Waals surface area contributed by atoms with Crippen molar-refractivity contribution in [3.8, 4) is 17.2 Å². The van der Waals surface area contributed by atoms with Gasteiger partial charge in [0.15, 0.2) is 0 Å². The summed E-state index contributed by atoms with van der Waals surface area (Å²) in [6, 6.07) is 23.2. The second-order valence-electron chi connectivity index (χ2n) is 6.99. The van der Waals surface area contributed by atoms with Crippen molar-refractivity contribution in [2.24, 2.45) is 0 Å². The Morgan fingerprint density at radius 1 is 0.875 bits per heavy atom. The van der Waals surface area contributed by atoms with Gasteiger partial charge in [0.05, 0.1) is 19.2 Å². The molecule has 7 nitrogen and oxygen atoms in total. The lowest BCUT2D eigenvalue weighted by molar-refractivity contribution is -0.115. The Morgan fingerprint density at radius 2 is 1.53 bits per heavy atom. The number of anilines is 2. The molecule has 0 radical (unpaired) electrons. The molecule has 0 atom stereocenters. The van der Waals surface area contributed by atoms with Crippen molar-refractivity contribution in [3.05, 3.63) is 96.4 Å². The van der Waals surface area contributed by atoms with Gasteiger partial charge in [0.1, 0.15) is 12.0 Å². The average Bonchev–Trinajstić information content (AvgIpc) is 3.29. The summed E-state index contributed by atoms with van der Waals surface area (Å²) in [6.45, 7) is 0. The molecule has 0 bridgehead atoms. The molecular weight excluding hydrogens is 406 g/mol. The SMILES string of the molecule is COc1ccc(NC(=O)c2ccc(NC(=O)Cc3coc(-c4ccccc4)n3)cc2)cc1. The Morgan fingerprint density at radius 3 is 2.22 bits per heavy atom. The molecule has 0 spiro atoms. The lowest BCUT2D eigenvalue weighted by Gasteiger charge is -2.08. The number of ether oxygens (including phenoxy) is 1. The first-order chi connectivity index (χ1) is 15.6. The van der Waals surface area contributed by atoms with Crippen LogP contribution >= 0.6 is 0 Å². The summed E-state index contributed by atoms with van der Waals surface area (Å²) >= 11 is 0. The molecule has 0 aliphatic heterocycles. The van der Waals surface area contributed by atoms with Gasteiger partial charge in [-0.25, -0.2) is 4.98 Å². The number of nitrogens with zero attached hydrogens (tertiary/aromatic N) is 1. The van der Waals surface area contributed by atoms with Crippen molar-refractivity contribution in [2.75, 3.05) is 17.7 Å². The standard InChI is InChI=1S/C25H21N3O4/c1-31-22-13-11-20(12-14-22)27-24(30)17-7-9-19(10-8-17)26-23(29)15-21-16-32-25(28-21)18-5-3-2-4-6-18/h2-14,16H,15H2,1H3,(H,26,29)(H,27,30). The summed E-state index contributed by atoms with van der Waals surface area (Å²) in [5, 5.41) is 5.62. The summed E-state index contributed by atoms with van der Waals surface area (Å²) < 4.78 is 10.6. The van der Waals surface area contributed by atoms with Gasteiger partial charge in [0.2, 0.25) is 11.8 Å². The third kappa shape index (κ3) is 5.20. The number of aromatic nitrogens is 1. The number of benzene rings is 3. The molecule has 4 rings (SSSR count). The van der Waals surface area contributed by atoms with Crippen LogP contribution in [-0.2, 0) is 11.2 Å². The first kappa shape index (κ1) is 20.9. The molecule has 32 heavy (non-hydrogen) atoms. The van der Waals surface area contributed by atoms with E-state index in [-0.39, 0.29) is 18.2 Å². The molecule has 0 unspecified atom stereocenters. The third-order valence-corrected chi connectivity index (χ3v) is 4.69. The number of hydrogen-bond donors (Lipinski definition) is 2. The van der Waals surface area contributed by atoms with Crippen molar-refractivity contribution in [1.82, 2.24) is 4.98 Å². The first-order valence-corrected chi connectivity index (χ1v) is 9.96. The molecule has 0 saturated heterocycles. The monoisotopic (exact) mass is 427 g/mol. The highest BCUT2D eigenvalue weighted by atomic mass is 16.5. The summed E-state index contributed by atoms with van der Waals surface area (Å²) in [5.41, 5.74) is 3.11. The highest BCUT2D eigenvalue weighted by Crippen LogP contribution is 2.19. The van der Waals surface area contributed by atoms with Crippen LogP contribution in [0.15, 0.2) is 89.5 Å². The van der Waals surface area contributed by atoms with Crippen LogP contribution in [0.25, 0.3) is 11.5 Å². The van der Waals surface area contributed by atoms with E-state index >= 15 is 0 Å². The van der Waals surface area contributed by atoms with Gasteiger partial charge in [0.25, 0.3) is 5.91 Å². The van der Waals surface area contributed by atoms with E-state index in [1.807, 2.05) is 30.3 Å². The molecule has 2 N–H and O–H groups in total. The summed E-state index contributed by atoms with van der Waals surface area (Å²) in [6.07, 6.45) is 1.56. The molecule has 4 aromatic rings. The van der Waals surface area contributed by atoms with Crippen molar-refractivity contribution in [3.63, 3.8) is 0 Å². The molecule has 1 heterocycles. The van der Waals surface area contributed by atoms with E-state index in [9.17, 15) is 9.59 Å². The number of carbonyl (C=O) groups is 2. The fourth-order valence-electron chi connectivity index (χ4n) is 3.05. The molecule has 0 fully saturated rings. The van der Waals surface area contributed by atoms with Crippen LogP contribution in [0.3, 0.4) is 0 Å². The Balaban J connectivity index is 1.32. The maximum Gasteiger partial charge on any atom is 0.255 e. The zero-order valence-corrected chi connectivity index (χ0v) is 17.4. The normalized spacial score (nSPS) is 10.4. The first-order valence-electron chi connectivity index (χ1n) is 9.96. The molecular formula is C25H21N3O4. The molecule has 0 saturated carbocycles. The second kappa shape index (κ2) is 9.61. The smallest absolute Gasteiger partial charge is 0.255 e. The quantitative estimate of drug-likeness (QED) is 0.443. The van der Waals surface area contributed by atoms with Gasteiger partial charge in [-0.3, -0.25) is 9.59 Å². The number of hydrogen-bond acceptors (Lipinski definition) is 5. The molecule has 1 aromatic heterocycles. The number of amides is 2. The highest BCUT2D eigenvalue weighted by Gasteiger charge is 2.11. The van der Waals surface area contributed by atoms with Crippen molar-refractivity contribution < 1.29 is 18.7 Å². The molecule has 0 aliphatic rings. The number of oxazole rings is 1. The minimum atomic E-state index is -0.246. The number of methoxy groups -OCH3 is 1. The van der Waals surface area contributed by atoms with E-state index in [2.05, 4.69) is 15.6 Å². The fraction of sp³-hybridized carbons (Fsp3) is 0.0800. The molecule has 2 amide bonds. The van der Waals surface area contributed by atoms with Crippen molar-refractivity contribution in [1.29, 1.82) is 0 Å². The van der Waals surface area contributed by atoms with Crippen LogP contribution in [0.4, 0.5) is 11.4 Å². The van der Waals surface area contributed by atoms with E-state index < -0.39 is 0 Å². The van der Waals surface area contributed by atoms with E-state index in [1.165, 1.54) is 6.26 Å². The molecule has 0 aliphatic carbocycles. The minimum Gasteiger partial charge on any atom is -0.497 e. The van der Waals surface area contributed by atoms with Crippen LogP contribution < -0.4 is 15.4 Å². The molecule has 160 valence electrons. The van der Waals surface area contributed by atoms with Crippen molar-refractivity contribution in [2.45, 2.75) is 6.42 Å². The lowest BCUT2D eigenvalue weighted by atomic mass is 10.2. The predicted octanol–water partition coefficient (Wildman–Crippen LogP) is 4.78.